The Balaban J connectivity index is 2.78. The standard InChI is InChI=1S/C8H8N2OS/c1-11-7-3-2-6-5(8(7)12)4-9-10-6/h2-4,12H,1H3,(H,9,10). The Labute approximate surface area is 75.1 Å². The van der Waals surface area contributed by atoms with Crippen molar-refractivity contribution in [2.24, 2.45) is 0 Å². The number of fused-ring (bicyclic) bond motifs is 1. The van der Waals surface area contributed by atoms with E-state index in [9.17, 15) is 0 Å². The summed E-state index contributed by atoms with van der Waals surface area (Å²) in [4.78, 5) is 0.823. The van der Waals surface area contributed by atoms with Crippen LogP contribution < -0.4 is 4.74 Å². The number of hydrogen-bond acceptors (Lipinski definition) is 3. The maximum Gasteiger partial charge on any atom is 0.132 e. The quantitative estimate of drug-likeness (QED) is 0.657. The Hall–Kier alpha value is -1.16. The van der Waals surface area contributed by atoms with Gasteiger partial charge in [-0.15, -0.1) is 12.6 Å². The van der Waals surface area contributed by atoms with Crippen molar-refractivity contribution < 1.29 is 4.74 Å². The smallest absolute Gasteiger partial charge is 0.132 e. The first kappa shape index (κ1) is 7.49. The molecule has 2 rings (SSSR count). The molecule has 0 aliphatic carbocycles. The summed E-state index contributed by atoms with van der Waals surface area (Å²) in [7, 11) is 1.63. The second kappa shape index (κ2) is 2.71. The normalized spacial score (nSPS) is 10.5. The Morgan fingerprint density at radius 1 is 1.50 bits per heavy atom. The Bertz CT molecular complexity index is 410. The lowest BCUT2D eigenvalue weighted by molar-refractivity contribution is 0.406. The Kier molecular flexibility index (Phi) is 1.69. The number of methoxy groups -OCH3 is 1. The molecule has 0 radical (unpaired) electrons. The molecule has 0 bridgehead atoms. The highest BCUT2D eigenvalue weighted by Crippen LogP contribution is 2.29. The molecule has 0 saturated carbocycles. The van der Waals surface area contributed by atoms with Crippen molar-refractivity contribution in [3.63, 3.8) is 0 Å². The van der Waals surface area contributed by atoms with E-state index in [2.05, 4.69) is 22.8 Å². The summed E-state index contributed by atoms with van der Waals surface area (Å²) in [6.07, 6.45) is 1.74. The van der Waals surface area contributed by atoms with E-state index in [-0.39, 0.29) is 0 Å². The Morgan fingerprint density at radius 2 is 2.33 bits per heavy atom. The van der Waals surface area contributed by atoms with Gasteiger partial charge in [-0.3, -0.25) is 5.10 Å². The minimum atomic E-state index is 0.771. The van der Waals surface area contributed by atoms with Gasteiger partial charge in [0.2, 0.25) is 0 Å². The predicted molar refractivity (Wildman–Crippen MR) is 49.9 cm³/mol. The molecular weight excluding hydrogens is 172 g/mol. The number of nitrogens with one attached hydrogen (secondary N) is 1. The zero-order chi connectivity index (χ0) is 8.55. The lowest BCUT2D eigenvalue weighted by Gasteiger charge is -2.02. The molecule has 0 spiro atoms. The second-order valence-corrected chi connectivity index (χ2v) is 2.89. The summed E-state index contributed by atoms with van der Waals surface area (Å²) < 4.78 is 5.10. The summed E-state index contributed by atoms with van der Waals surface area (Å²) in [5, 5.41) is 7.75. The highest BCUT2D eigenvalue weighted by Gasteiger charge is 2.04. The fourth-order valence-electron chi connectivity index (χ4n) is 1.15. The van der Waals surface area contributed by atoms with Gasteiger partial charge in [0.15, 0.2) is 0 Å². The molecular formula is C8H8N2OS. The second-order valence-electron chi connectivity index (χ2n) is 2.45. The minimum Gasteiger partial charge on any atom is -0.496 e. The molecule has 0 fully saturated rings. The summed E-state index contributed by atoms with van der Waals surface area (Å²) >= 11 is 4.32. The lowest BCUT2D eigenvalue weighted by Crippen LogP contribution is -1.84. The third-order valence-corrected chi connectivity index (χ3v) is 2.24. The van der Waals surface area contributed by atoms with E-state index in [0.29, 0.717) is 0 Å². The third kappa shape index (κ3) is 0.956. The molecule has 1 N–H and O–H groups in total. The zero-order valence-electron chi connectivity index (χ0n) is 6.53. The van der Waals surface area contributed by atoms with Gasteiger partial charge in [0.05, 0.1) is 23.7 Å². The molecule has 62 valence electrons. The molecule has 12 heavy (non-hydrogen) atoms. The average molecular weight is 180 g/mol. The molecule has 2 aromatic rings. The molecule has 0 atom stereocenters. The van der Waals surface area contributed by atoms with Crippen molar-refractivity contribution in [3.05, 3.63) is 18.3 Å². The highest BCUT2D eigenvalue weighted by atomic mass is 32.1. The van der Waals surface area contributed by atoms with E-state index in [1.54, 1.807) is 13.3 Å². The van der Waals surface area contributed by atoms with Crippen LogP contribution in [0, 0.1) is 0 Å². The largest absolute Gasteiger partial charge is 0.496 e. The zero-order valence-corrected chi connectivity index (χ0v) is 7.43. The van der Waals surface area contributed by atoms with E-state index in [4.69, 9.17) is 4.74 Å². The summed E-state index contributed by atoms with van der Waals surface area (Å²) in [5.41, 5.74) is 0.973. The van der Waals surface area contributed by atoms with Crippen LogP contribution in [0.5, 0.6) is 5.75 Å². The third-order valence-electron chi connectivity index (χ3n) is 1.78. The topological polar surface area (TPSA) is 37.9 Å². The van der Waals surface area contributed by atoms with Crippen molar-refractivity contribution in [2.75, 3.05) is 7.11 Å². The van der Waals surface area contributed by atoms with Crippen LogP contribution in [-0.4, -0.2) is 17.3 Å². The van der Waals surface area contributed by atoms with Crippen LogP contribution in [0.15, 0.2) is 23.2 Å². The van der Waals surface area contributed by atoms with E-state index in [1.165, 1.54) is 0 Å². The van der Waals surface area contributed by atoms with Gasteiger partial charge in [-0.2, -0.15) is 5.10 Å². The van der Waals surface area contributed by atoms with Crippen LogP contribution in [0.2, 0.25) is 0 Å². The van der Waals surface area contributed by atoms with Crippen molar-refractivity contribution in [3.8, 4) is 5.75 Å². The number of aromatic nitrogens is 2. The molecule has 0 amide bonds. The monoisotopic (exact) mass is 180 g/mol. The molecule has 1 aromatic carbocycles. The van der Waals surface area contributed by atoms with Crippen molar-refractivity contribution in [1.82, 2.24) is 10.2 Å². The molecule has 0 saturated heterocycles. The first-order chi connectivity index (χ1) is 5.83. The van der Waals surface area contributed by atoms with Crippen molar-refractivity contribution in [2.45, 2.75) is 4.90 Å². The van der Waals surface area contributed by atoms with Crippen LogP contribution in [0.1, 0.15) is 0 Å². The van der Waals surface area contributed by atoms with Crippen LogP contribution >= 0.6 is 12.6 Å². The van der Waals surface area contributed by atoms with Gasteiger partial charge >= 0.3 is 0 Å². The van der Waals surface area contributed by atoms with Crippen LogP contribution in [0.3, 0.4) is 0 Å². The molecule has 0 unspecified atom stereocenters. The van der Waals surface area contributed by atoms with Gasteiger partial charge in [0.25, 0.3) is 0 Å². The number of hydrogen-bond donors (Lipinski definition) is 2. The predicted octanol–water partition coefficient (Wildman–Crippen LogP) is 1.86. The molecule has 0 aliphatic heterocycles. The number of ether oxygens (including phenoxy) is 1. The summed E-state index contributed by atoms with van der Waals surface area (Å²) in [6.45, 7) is 0. The number of rotatable bonds is 1. The van der Waals surface area contributed by atoms with Crippen molar-refractivity contribution in [1.29, 1.82) is 0 Å². The summed E-state index contributed by atoms with van der Waals surface area (Å²) in [6, 6.07) is 3.78. The van der Waals surface area contributed by atoms with Gasteiger partial charge < -0.3 is 4.74 Å². The van der Waals surface area contributed by atoms with E-state index in [1.807, 2.05) is 12.1 Å². The number of nitrogens with zero attached hydrogens (tertiary/aromatic N) is 1. The van der Waals surface area contributed by atoms with Crippen LogP contribution in [-0.2, 0) is 0 Å². The SMILES string of the molecule is COc1ccc2[nH]ncc2c1S. The fourth-order valence-corrected chi connectivity index (χ4v) is 1.49. The van der Waals surface area contributed by atoms with Gasteiger partial charge in [0, 0.05) is 5.39 Å². The lowest BCUT2D eigenvalue weighted by atomic mass is 10.2. The first-order valence-corrected chi connectivity index (χ1v) is 3.96. The van der Waals surface area contributed by atoms with Gasteiger partial charge in [-0.25, -0.2) is 0 Å². The van der Waals surface area contributed by atoms with E-state index >= 15 is 0 Å². The van der Waals surface area contributed by atoms with Gasteiger partial charge in [-0.05, 0) is 12.1 Å². The number of aromatic amines is 1. The average Bonchev–Trinajstić information content (AvgIpc) is 2.53. The highest BCUT2D eigenvalue weighted by molar-refractivity contribution is 7.80. The van der Waals surface area contributed by atoms with Crippen LogP contribution in [0.4, 0.5) is 0 Å². The molecule has 4 heteroatoms. The first-order valence-electron chi connectivity index (χ1n) is 3.52. The number of thiol groups is 1. The van der Waals surface area contributed by atoms with Gasteiger partial charge in [-0.1, -0.05) is 0 Å². The van der Waals surface area contributed by atoms with Crippen LogP contribution in [0.25, 0.3) is 10.9 Å². The minimum absolute atomic E-state index is 0.771. The maximum atomic E-state index is 5.10. The molecule has 1 aromatic heterocycles. The number of H-pyrrole nitrogens is 1. The number of benzene rings is 1. The van der Waals surface area contributed by atoms with E-state index in [0.717, 1.165) is 21.5 Å². The molecule has 3 nitrogen and oxygen atoms in total. The maximum absolute atomic E-state index is 5.10. The van der Waals surface area contributed by atoms with E-state index < -0.39 is 0 Å². The fraction of sp³-hybridized carbons (Fsp3) is 0.125. The molecule has 1 heterocycles. The molecule has 0 aliphatic rings. The van der Waals surface area contributed by atoms with Crippen molar-refractivity contribution >= 4 is 23.5 Å². The van der Waals surface area contributed by atoms with Gasteiger partial charge in [0.1, 0.15) is 5.75 Å². The summed E-state index contributed by atoms with van der Waals surface area (Å²) in [5.74, 6) is 0.771. The Morgan fingerprint density at radius 3 is 3.08 bits per heavy atom.